The van der Waals surface area contributed by atoms with Gasteiger partial charge in [-0.25, -0.2) is 9.48 Å². The van der Waals surface area contributed by atoms with Gasteiger partial charge in [-0.15, -0.1) is 5.10 Å². The smallest absolute Gasteiger partial charge is 0.337 e. The van der Waals surface area contributed by atoms with E-state index in [1.54, 1.807) is 18.3 Å². The first-order valence-corrected chi connectivity index (χ1v) is 7.70. The Labute approximate surface area is 137 Å². The summed E-state index contributed by atoms with van der Waals surface area (Å²) in [4.78, 5) is 16.6. The van der Waals surface area contributed by atoms with Crippen molar-refractivity contribution < 1.29 is 4.52 Å². The summed E-state index contributed by atoms with van der Waals surface area (Å²) in [6.07, 6.45) is 2.66. The van der Waals surface area contributed by atoms with E-state index in [1.807, 2.05) is 30.3 Å². The maximum absolute atomic E-state index is 12.3. The Morgan fingerprint density at radius 2 is 1.96 bits per heavy atom. The highest BCUT2D eigenvalue weighted by Gasteiger charge is 2.12. The van der Waals surface area contributed by atoms with E-state index in [9.17, 15) is 4.79 Å². The van der Waals surface area contributed by atoms with Crippen LogP contribution >= 0.6 is 0 Å². The monoisotopic (exact) mass is 321 g/mol. The van der Waals surface area contributed by atoms with E-state index in [1.165, 1.54) is 14.6 Å². The maximum atomic E-state index is 12.3. The Hall–Kier alpha value is -3.22. The fourth-order valence-electron chi connectivity index (χ4n) is 2.53. The van der Waals surface area contributed by atoms with Gasteiger partial charge in [-0.1, -0.05) is 42.4 Å². The molecular weight excluding hydrogens is 306 g/mol. The molecule has 7 heteroatoms. The lowest BCUT2D eigenvalue weighted by Gasteiger charge is -1.97. The zero-order valence-electron chi connectivity index (χ0n) is 13.1. The van der Waals surface area contributed by atoms with Crippen LogP contribution in [-0.4, -0.2) is 24.3 Å². The Morgan fingerprint density at radius 1 is 1.12 bits per heavy atom. The van der Waals surface area contributed by atoms with Crippen molar-refractivity contribution in [2.45, 2.75) is 19.9 Å². The van der Waals surface area contributed by atoms with Crippen LogP contribution in [0.2, 0.25) is 0 Å². The summed E-state index contributed by atoms with van der Waals surface area (Å²) >= 11 is 0. The van der Waals surface area contributed by atoms with Crippen LogP contribution in [0.3, 0.4) is 0 Å². The van der Waals surface area contributed by atoms with Gasteiger partial charge in [0, 0.05) is 11.8 Å². The van der Waals surface area contributed by atoms with E-state index in [2.05, 4.69) is 22.2 Å². The number of hydrogen-bond acceptors (Lipinski definition) is 5. The highest BCUT2D eigenvalue weighted by molar-refractivity contribution is 5.54. The highest BCUT2D eigenvalue weighted by Crippen LogP contribution is 2.17. The second kappa shape index (κ2) is 5.77. The average Bonchev–Trinajstić information content (AvgIpc) is 3.21. The molecule has 0 aliphatic rings. The molecule has 1 aromatic carbocycles. The van der Waals surface area contributed by atoms with Crippen molar-refractivity contribution in [2.75, 3.05) is 0 Å². The van der Waals surface area contributed by atoms with E-state index in [0.29, 0.717) is 17.4 Å². The molecule has 0 amide bonds. The number of nitrogens with zero attached hydrogens (tertiary/aromatic N) is 5. The molecule has 0 aliphatic carbocycles. The number of hydrogen-bond donors (Lipinski definition) is 0. The molecule has 7 nitrogen and oxygen atoms in total. The van der Waals surface area contributed by atoms with Gasteiger partial charge in [-0.05, 0) is 24.1 Å². The van der Waals surface area contributed by atoms with Gasteiger partial charge in [0.05, 0.1) is 0 Å². The Bertz CT molecular complexity index is 1040. The van der Waals surface area contributed by atoms with Crippen molar-refractivity contribution in [3.8, 4) is 11.4 Å². The van der Waals surface area contributed by atoms with Gasteiger partial charge in [-0.2, -0.15) is 4.98 Å². The summed E-state index contributed by atoms with van der Waals surface area (Å²) in [5, 5.41) is 8.24. The normalized spacial score (nSPS) is 11.2. The number of pyridine rings is 1. The van der Waals surface area contributed by atoms with Gasteiger partial charge in [0.25, 0.3) is 0 Å². The van der Waals surface area contributed by atoms with Crippen molar-refractivity contribution in [1.29, 1.82) is 0 Å². The summed E-state index contributed by atoms with van der Waals surface area (Å²) in [5.41, 5.74) is 2.47. The molecule has 0 spiro atoms. The van der Waals surface area contributed by atoms with Crippen LogP contribution in [0.4, 0.5) is 0 Å². The third kappa shape index (κ3) is 2.50. The van der Waals surface area contributed by atoms with Crippen LogP contribution in [0.25, 0.3) is 17.0 Å². The summed E-state index contributed by atoms with van der Waals surface area (Å²) in [6, 6.07) is 13.4. The van der Waals surface area contributed by atoms with Crippen LogP contribution < -0.4 is 5.69 Å². The third-order valence-electron chi connectivity index (χ3n) is 3.86. The van der Waals surface area contributed by atoms with Crippen LogP contribution in [0.15, 0.2) is 58.0 Å². The van der Waals surface area contributed by atoms with Crippen molar-refractivity contribution in [3.63, 3.8) is 0 Å². The van der Waals surface area contributed by atoms with E-state index in [0.717, 1.165) is 12.0 Å². The zero-order chi connectivity index (χ0) is 16.5. The van der Waals surface area contributed by atoms with Crippen LogP contribution in [0.1, 0.15) is 18.4 Å². The van der Waals surface area contributed by atoms with Gasteiger partial charge < -0.3 is 4.52 Å². The second-order valence-electron chi connectivity index (χ2n) is 5.43. The topological polar surface area (TPSA) is 78.2 Å². The minimum atomic E-state index is -0.238. The minimum Gasteiger partial charge on any atom is -0.337 e. The molecular formula is C17H15N5O2. The Kier molecular flexibility index (Phi) is 3.45. The summed E-state index contributed by atoms with van der Waals surface area (Å²) in [7, 11) is 0. The van der Waals surface area contributed by atoms with Crippen LogP contribution in [-0.2, 0) is 13.0 Å². The molecule has 0 bridgehead atoms. The summed E-state index contributed by atoms with van der Waals surface area (Å²) in [6.45, 7) is 2.24. The second-order valence-corrected chi connectivity index (χ2v) is 5.43. The Morgan fingerprint density at radius 3 is 2.71 bits per heavy atom. The molecule has 0 saturated heterocycles. The number of rotatable bonds is 4. The molecule has 0 saturated carbocycles. The SMILES string of the molecule is CCc1ccc(-c2noc(Cn3nc4ccccn4c3=O)n2)cc1. The lowest BCUT2D eigenvalue weighted by Crippen LogP contribution is -2.21. The lowest BCUT2D eigenvalue weighted by atomic mass is 10.1. The van der Waals surface area contributed by atoms with Gasteiger partial charge >= 0.3 is 5.69 Å². The molecule has 0 N–H and O–H groups in total. The highest BCUT2D eigenvalue weighted by atomic mass is 16.5. The molecule has 24 heavy (non-hydrogen) atoms. The first-order valence-electron chi connectivity index (χ1n) is 7.70. The standard InChI is InChI=1S/C17H15N5O2/c1-2-12-6-8-13(9-7-12)16-18-15(24-20-16)11-22-17(23)21-10-4-3-5-14(21)19-22/h3-10H,2,11H2,1H3. The van der Waals surface area contributed by atoms with Crippen LogP contribution in [0, 0.1) is 0 Å². The number of aryl methyl sites for hydroxylation is 1. The number of benzene rings is 1. The van der Waals surface area contributed by atoms with Crippen LogP contribution in [0.5, 0.6) is 0 Å². The van der Waals surface area contributed by atoms with Crippen molar-refractivity contribution in [1.82, 2.24) is 24.3 Å². The van der Waals surface area contributed by atoms with E-state index in [-0.39, 0.29) is 12.2 Å². The summed E-state index contributed by atoms with van der Waals surface area (Å²) in [5.74, 6) is 0.847. The van der Waals surface area contributed by atoms with Crippen molar-refractivity contribution in [3.05, 3.63) is 70.6 Å². The summed E-state index contributed by atoms with van der Waals surface area (Å²) < 4.78 is 8.05. The van der Waals surface area contributed by atoms with Gasteiger partial charge in [-0.3, -0.25) is 4.40 Å². The number of aromatic nitrogens is 5. The van der Waals surface area contributed by atoms with Crippen molar-refractivity contribution in [2.24, 2.45) is 0 Å². The lowest BCUT2D eigenvalue weighted by molar-refractivity contribution is 0.364. The quantitative estimate of drug-likeness (QED) is 0.575. The molecule has 120 valence electrons. The average molecular weight is 321 g/mol. The van der Waals surface area contributed by atoms with Crippen molar-refractivity contribution >= 4 is 5.65 Å². The molecule has 3 aromatic heterocycles. The van der Waals surface area contributed by atoms with Gasteiger partial charge in [0.2, 0.25) is 11.7 Å². The van der Waals surface area contributed by atoms with E-state index < -0.39 is 0 Å². The predicted octanol–water partition coefficient (Wildman–Crippen LogP) is 2.16. The molecule has 0 unspecified atom stereocenters. The molecule has 0 fully saturated rings. The minimum absolute atomic E-state index is 0.139. The third-order valence-corrected chi connectivity index (χ3v) is 3.86. The molecule has 0 atom stereocenters. The zero-order valence-corrected chi connectivity index (χ0v) is 13.1. The molecule has 0 aliphatic heterocycles. The Balaban J connectivity index is 1.62. The predicted molar refractivity (Wildman–Crippen MR) is 87.7 cm³/mol. The largest absolute Gasteiger partial charge is 0.350 e. The van der Waals surface area contributed by atoms with E-state index in [4.69, 9.17) is 4.52 Å². The van der Waals surface area contributed by atoms with Gasteiger partial charge in [0.15, 0.2) is 5.65 Å². The number of fused-ring (bicyclic) bond motifs is 1. The molecule has 3 heterocycles. The first kappa shape index (κ1) is 14.4. The van der Waals surface area contributed by atoms with Gasteiger partial charge in [0.1, 0.15) is 6.54 Å². The van der Waals surface area contributed by atoms with E-state index >= 15 is 0 Å². The molecule has 4 rings (SSSR count). The first-order chi connectivity index (χ1) is 11.7. The fourth-order valence-corrected chi connectivity index (χ4v) is 2.53. The molecule has 0 radical (unpaired) electrons. The maximum Gasteiger partial charge on any atom is 0.350 e. The fraction of sp³-hybridized carbons (Fsp3) is 0.176. The molecule has 4 aromatic rings.